The standard InChI is InChI=1S/C55H35BN4/c1-34-15-13-23-46-54(34)59(35-16-3-2-4-17-35)52-28-14-22-42-44-32-37(58-49-26-11-7-20-40(49)41-21-8-12-27-50(41)58)33-45-43-31-36(29-30-51(43)60(55(44)45)56(46)53(42)52)57-47-24-9-5-18-38(47)39-19-6-10-25-48(39)57/h2-33H,1H3. The van der Waals surface area contributed by atoms with Crippen LogP contribution in [0.3, 0.4) is 0 Å². The Hall–Kier alpha value is -7.76. The van der Waals surface area contributed by atoms with E-state index in [1.807, 2.05) is 0 Å². The van der Waals surface area contributed by atoms with Crippen molar-refractivity contribution in [2.75, 3.05) is 4.90 Å². The molecule has 2 aliphatic rings. The van der Waals surface area contributed by atoms with Crippen LogP contribution in [0.25, 0.3) is 87.9 Å². The second-order valence-corrected chi connectivity index (χ2v) is 16.5. The van der Waals surface area contributed by atoms with Crippen molar-refractivity contribution in [3.05, 3.63) is 200 Å². The summed E-state index contributed by atoms with van der Waals surface area (Å²) < 4.78 is 7.61. The first-order valence-electron chi connectivity index (χ1n) is 20.9. The van der Waals surface area contributed by atoms with Gasteiger partial charge in [0.15, 0.2) is 0 Å². The SMILES string of the molecule is Cc1cccc2c1N(c1ccccc1)c1cccc3c1B2n1c2ccc(-n4c5ccccc5c5ccccc54)cc2c2cc(-n4c5ccccc5c5ccccc54)cc-3c21. The molecule has 3 aromatic heterocycles. The Bertz CT molecular complexity index is 3700. The number of aryl methyl sites for hydroxylation is 1. The Morgan fingerprint density at radius 2 is 0.950 bits per heavy atom. The molecule has 0 saturated carbocycles. The molecule has 0 bridgehead atoms. The third kappa shape index (κ3) is 4.06. The fraction of sp³-hybridized carbons (Fsp3) is 0.0182. The molecule has 278 valence electrons. The molecule has 0 amide bonds. The van der Waals surface area contributed by atoms with Gasteiger partial charge >= 0.3 is 6.85 Å². The number of rotatable bonds is 3. The summed E-state index contributed by atoms with van der Waals surface area (Å²) >= 11 is 0. The lowest BCUT2D eigenvalue weighted by atomic mass is 9.45. The lowest BCUT2D eigenvalue weighted by Crippen LogP contribution is -2.56. The van der Waals surface area contributed by atoms with E-state index in [1.54, 1.807) is 0 Å². The van der Waals surface area contributed by atoms with Crippen LogP contribution < -0.4 is 15.8 Å². The van der Waals surface area contributed by atoms with Crippen molar-refractivity contribution in [3.8, 4) is 22.5 Å². The summed E-state index contributed by atoms with van der Waals surface area (Å²) in [6.45, 7) is 2.25. The molecule has 0 N–H and O–H groups in total. The van der Waals surface area contributed by atoms with Crippen LogP contribution in [0.15, 0.2) is 194 Å². The fourth-order valence-corrected chi connectivity index (χ4v) is 11.2. The smallest absolute Gasteiger partial charge is 0.333 e. The van der Waals surface area contributed by atoms with Crippen LogP contribution >= 0.6 is 0 Å². The number of hydrogen-bond donors (Lipinski definition) is 0. The molecule has 0 unspecified atom stereocenters. The Morgan fingerprint density at radius 1 is 0.383 bits per heavy atom. The molecular weight excluding hydrogens is 727 g/mol. The third-order valence-corrected chi connectivity index (χ3v) is 13.5. The molecule has 5 heteroatoms. The van der Waals surface area contributed by atoms with Crippen LogP contribution in [0.4, 0.5) is 17.1 Å². The van der Waals surface area contributed by atoms with Crippen molar-refractivity contribution in [2.45, 2.75) is 6.92 Å². The average Bonchev–Trinajstić information content (AvgIpc) is 3.94. The minimum atomic E-state index is -0.0169. The van der Waals surface area contributed by atoms with E-state index in [-0.39, 0.29) is 6.85 Å². The van der Waals surface area contributed by atoms with Crippen molar-refractivity contribution in [2.24, 2.45) is 0 Å². The molecular formula is C55H35BN4. The van der Waals surface area contributed by atoms with E-state index < -0.39 is 0 Å². The largest absolute Gasteiger partial charge is 0.375 e. The van der Waals surface area contributed by atoms with Gasteiger partial charge in [-0.15, -0.1) is 0 Å². The van der Waals surface area contributed by atoms with Gasteiger partial charge in [0.25, 0.3) is 0 Å². The molecule has 0 aliphatic carbocycles. The molecule has 0 saturated heterocycles. The summed E-state index contributed by atoms with van der Waals surface area (Å²) in [5.74, 6) is 0. The maximum atomic E-state index is 2.68. The second kappa shape index (κ2) is 11.7. The first-order chi connectivity index (χ1) is 29.7. The predicted octanol–water partition coefficient (Wildman–Crippen LogP) is 12.7. The zero-order valence-corrected chi connectivity index (χ0v) is 32.8. The van der Waals surface area contributed by atoms with Crippen molar-refractivity contribution in [1.29, 1.82) is 0 Å². The highest BCUT2D eigenvalue weighted by atomic mass is 15.2. The zero-order valence-electron chi connectivity index (χ0n) is 32.8. The van der Waals surface area contributed by atoms with E-state index in [2.05, 4.69) is 220 Å². The van der Waals surface area contributed by atoms with Crippen LogP contribution in [-0.2, 0) is 0 Å². The topological polar surface area (TPSA) is 18.0 Å². The van der Waals surface area contributed by atoms with Gasteiger partial charge in [0.1, 0.15) is 0 Å². The van der Waals surface area contributed by atoms with Gasteiger partial charge in [-0.3, -0.25) is 0 Å². The van der Waals surface area contributed by atoms with Crippen LogP contribution in [-0.4, -0.2) is 20.5 Å². The van der Waals surface area contributed by atoms with E-state index in [0.717, 1.165) is 5.69 Å². The molecule has 0 radical (unpaired) electrons. The monoisotopic (exact) mass is 762 g/mol. The summed E-state index contributed by atoms with van der Waals surface area (Å²) in [5.41, 5.74) is 19.8. The Balaban J connectivity index is 1.15. The molecule has 14 rings (SSSR count). The summed E-state index contributed by atoms with van der Waals surface area (Å²) in [4.78, 5) is 2.51. The number of nitrogens with zero attached hydrogens (tertiary/aromatic N) is 4. The van der Waals surface area contributed by atoms with E-state index in [0.29, 0.717) is 0 Å². The van der Waals surface area contributed by atoms with Gasteiger partial charge in [-0.25, -0.2) is 0 Å². The third-order valence-electron chi connectivity index (χ3n) is 13.5. The lowest BCUT2D eigenvalue weighted by Gasteiger charge is -2.41. The lowest BCUT2D eigenvalue weighted by molar-refractivity contribution is 1.18. The quantitative estimate of drug-likeness (QED) is 0.164. The summed E-state index contributed by atoms with van der Waals surface area (Å²) in [6.07, 6.45) is 0. The summed E-state index contributed by atoms with van der Waals surface area (Å²) in [6, 6.07) is 72.2. The Labute approximate surface area is 346 Å². The van der Waals surface area contributed by atoms with Crippen molar-refractivity contribution in [1.82, 2.24) is 13.6 Å². The zero-order chi connectivity index (χ0) is 39.2. The first kappa shape index (κ1) is 32.2. The minimum absolute atomic E-state index is 0.0169. The molecule has 0 fully saturated rings. The second-order valence-electron chi connectivity index (χ2n) is 16.5. The minimum Gasteiger partial charge on any atom is -0.375 e. The number of para-hydroxylation sites is 6. The van der Waals surface area contributed by atoms with Crippen molar-refractivity contribution >= 4 is 100 Å². The number of aromatic nitrogens is 3. The average molecular weight is 763 g/mol. The Kier molecular flexibility index (Phi) is 6.27. The van der Waals surface area contributed by atoms with Gasteiger partial charge < -0.3 is 18.5 Å². The predicted molar refractivity (Wildman–Crippen MR) is 253 cm³/mol. The van der Waals surface area contributed by atoms with Gasteiger partial charge in [-0.1, -0.05) is 121 Å². The van der Waals surface area contributed by atoms with Gasteiger partial charge in [-0.2, -0.15) is 0 Å². The van der Waals surface area contributed by atoms with Gasteiger partial charge in [0.2, 0.25) is 0 Å². The molecule has 60 heavy (non-hydrogen) atoms. The van der Waals surface area contributed by atoms with E-state index >= 15 is 0 Å². The maximum absolute atomic E-state index is 2.68. The summed E-state index contributed by atoms with van der Waals surface area (Å²) in [5, 5.41) is 7.58. The number of benzene rings is 9. The molecule has 0 atom stereocenters. The highest BCUT2D eigenvalue weighted by molar-refractivity contribution is 6.90. The Morgan fingerprint density at radius 3 is 1.60 bits per heavy atom. The highest BCUT2D eigenvalue weighted by Crippen LogP contribution is 2.48. The van der Waals surface area contributed by atoms with Crippen LogP contribution in [0.2, 0.25) is 0 Å². The van der Waals surface area contributed by atoms with Crippen LogP contribution in [0.1, 0.15) is 5.56 Å². The summed E-state index contributed by atoms with van der Waals surface area (Å²) in [7, 11) is 0. The fourth-order valence-electron chi connectivity index (χ4n) is 11.2. The molecule has 9 aromatic carbocycles. The van der Waals surface area contributed by atoms with E-state index in [9.17, 15) is 0 Å². The number of hydrogen-bond acceptors (Lipinski definition) is 1. The normalized spacial score (nSPS) is 13.0. The molecule has 0 spiro atoms. The van der Waals surface area contributed by atoms with Crippen molar-refractivity contribution < 1.29 is 0 Å². The van der Waals surface area contributed by atoms with Crippen LogP contribution in [0.5, 0.6) is 0 Å². The molecule has 5 heterocycles. The number of anilines is 3. The molecule has 2 aliphatic heterocycles. The van der Waals surface area contributed by atoms with Crippen LogP contribution in [0, 0.1) is 6.92 Å². The highest BCUT2D eigenvalue weighted by Gasteiger charge is 2.43. The van der Waals surface area contributed by atoms with E-state index in [4.69, 9.17) is 0 Å². The first-order valence-corrected chi connectivity index (χ1v) is 20.9. The maximum Gasteiger partial charge on any atom is 0.333 e. The van der Waals surface area contributed by atoms with Gasteiger partial charge in [0.05, 0.1) is 22.1 Å². The van der Waals surface area contributed by atoms with E-state index in [1.165, 1.54) is 116 Å². The van der Waals surface area contributed by atoms with Gasteiger partial charge in [0, 0.05) is 77.4 Å². The molecule has 12 aromatic rings. The number of fused-ring (bicyclic) bond motifs is 13. The van der Waals surface area contributed by atoms with Gasteiger partial charge in [-0.05, 0) is 102 Å². The molecule has 4 nitrogen and oxygen atoms in total. The van der Waals surface area contributed by atoms with Crippen molar-refractivity contribution in [3.63, 3.8) is 0 Å².